The second kappa shape index (κ2) is 4.67. The van der Waals surface area contributed by atoms with E-state index in [9.17, 15) is 4.79 Å². The number of hydrogen-bond acceptors (Lipinski definition) is 0. The van der Waals surface area contributed by atoms with Gasteiger partial charge in [0.15, 0.2) is 0 Å². The lowest BCUT2D eigenvalue weighted by atomic mass is 10.0. The molecule has 1 heteroatoms. The van der Waals surface area contributed by atoms with Crippen molar-refractivity contribution in [3.8, 4) is 0 Å². The molecular formula is C15H14O. The van der Waals surface area contributed by atoms with Crippen molar-refractivity contribution in [1.29, 1.82) is 0 Å². The summed E-state index contributed by atoms with van der Waals surface area (Å²) in [6.07, 6.45) is 2.02. The van der Waals surface area contributed by atoms with Crippen LogP contribution in [0.5, 0.6) is 0 Å². The van der Waals surface area contributed by atoms with Crippen molar-refractivity contribution >= 4 is 5.78 Å². The van der Waals surface area contributed by atoms with E-state index in [1.165, 1.54) is 0 Å². The van der Waals surface area contributed by atoms with Gasteiger partial charge in [0.1, 0.15) is 0 Å². The number of carbonyl (C=O) groups excluding carboxylic acids is 1. The maximum absolute atomic E-state index is 10.1. The number of benzene rings is 2. The van der Waals surface area contributed by atoms with Crippen LogP contribution in [0.15, 0.2) is 54.6 Å². The van der Waals surface area contributed by atoms with Gasteiger partial charge in [-0.2, -0.15) is 18.1 Å². The molecule has 0 fully saturated rings. The first-order valence-corrected chi connectivity index (χ1v) is 5.32. The minimum absolute atomic E-state index is 0.323. The summed E-state index contributed by atoms with van der Waals surface area (Å²) in [7, 11) is 0. The van der Waals surface area contributed by atoms with Crippen LogP contribution in [0, 0.1) is 6.42 Å². The quantitative estimate of drug-likeness (QED) is 0.421. The van der Waals surface area contributed by atoms with Gasteiger partial charge in [-0.3, -0.25) is 4.79 Å². The molecule has 0 aliphatic heterocycles. The van der Waals surface area contributed by atoms with E-state index in [0.717, 1.165) is 16.7 Å². The zero-order valence-corrected chi connectivity index (χ0v) is 9.22. The molecule has 1 N–H and O–H groups in total. The molecule has 0 aliphatic carbocycles. The van der Waals surface area contributed by atoms with Gasteiger partial charge in [0.05, 0.1) is 5.56 Å². The van der Waals surface area contributed by atoms with E-state index in [2.05, 4.69) is 0 Å². The first-order valence-electron chi connectivity index (χ1n) is 5.32. The Balaban J connectivity index is 2.34. The molecule has 2 aromatic rings. The molecule has 1 nitrogen and oxygen atoms in total. The first kappa shape index (κ1) is 10.5. The molecule has 2 rings (SSSR count). The van der Waals surface area contributed by atoms with E-state index < -0.39 is 0 Å². The fraction of sp³-hybridized carbons (Fsp3) is 0.0667. The molecule has 0 spiro atoms. The lowest BCUT2D eigenvalue weighted by molar-refractivity contribution is 0.679. The Kier molecular flexibility index (Phi) is 3.06. The first-order chi connectivity index (χ1) is 7.81. The van der Waals surface area contributed by atoms with E-state index in [1.54, 1.807) is 0 Å². The number of hydrogen-bond donors (Lipinski definition) is 0. The highest BCUT2D eigenvalue weighted by Crippen LogP contribution is 2.11. The van der Waals surface area contributed by atoms with Crippen molar-refractivity contribution in [2.24, 2.45) is 0 Å². The molecule has 0 aromatic heterocycles. The summed E-state index contributed by atoms with van der Waals surface area (Å²) in [5, 5.41) is 0. The molecule has 0 saturated heterocycles. The van der Waals surface area contributed by atoms with Crippen molar-refractivity contribution in [3.05, 3.63) is 77.7 Å². The molecule has 0 unspecified atom stereocenters. The molecule has 0 saturated carbocycles. The topological polar surface area (TPSA) is 21.4 Å². The summed E-state index contributed by atoms with van der Waals surface area (Å²) < 4.78 is 0. The van der Waals surface area contributed by atoms with E-state index in [0.29, 0.717) is 5.78 Å². The maximum Gasteiger partial charge on any atom is 0.342 e. The van der Waals surface area contributed by atoms with Gasteiger partial charge in [-0.05, 0) is 12.1 Å². The standard InChI is InChI=1S/C15H13O/c1-2-12-7-6-10-14(11-12)15(16)13-8-4-3-5-9-13/h2-11H,1H3/q-1/p+1. The van der Waals surface area contributed by atoms with E-state index in [-0.39, 0.29) is 0 Å². The highest BCUT2D eigenvalue weighted by molar-refractivity contribution is 6.09. The predicted molar refractivity (Wildman–Crippen MR) is 67.1 cm³/mol. The fourth-order valence-corrected chi connectivity index (χ4v) is 1.63. The molecule has 80 valence electrons. The summed E-state index contributed by atoms with van der Waals surface area (Å²) in [5.41, 5.74) is 2.80. The summed E-state index contributed by atoms with van der Waals surface area (Å²) in [6.45, 7) is 1.98. The van der Waals surface area contributed by atoms with Crippen LogP contribution in [0.2, 0.25) is 0 Å². The summed E-state index contributed by atoms with van der Waals surface area (Å²) in [4.78, 5) is 10.1. The van der Waals surface area contributed by atoms with Crippen LogP contribution >= 0.6 is 0 Å². The van der Waals surface area contributed by atoms with Crippen LogP contribution in [0.1, 0.15) is 23.6 Å². The van der Waals surface area contributed by atoms with Gasteiger partial charge in [0.2, 0.25) is 0 Å². The molecule has 0 bridgehead atoms. The smallest absolute Gasteiger partial charge is 0.274 e. The number of rotatable bonds is 3. The Hall–Kier alpha value is -2.02. The average Bonchev–Trinajstić information content (AvgIpc) is 2.39. The zero-order valence-electron chi connectivity index (χ0n) is 9.22. The molecule has 0 heterocycles. The lowest BCUT2D eigenvalue weighted by Gasteiger charge is -2.06. The second-order valence-corrected chi connectivity index (χ2v) is 3.63. The maximum atomic E-state index is 10.1. The minimum Gasteiger partial charge on any atom is -0.274 e. The summed E-state index contributed by atoms with van der Waals surface area (Å²) in [5.74, 6) is 0.323. The van der Waals surface area contributed by atoms with Crippen LogP contribution in [0.4, 0.5) is 0 Å². The summed E-state index contributed by atoms with van der Waals surface area (Å²) in [6, 6.07) is 17.4. The molecule has 0 atom stereocenters. The molecule has 0 amide bonds. The van der Waals surface area contributed by atoms with Crippen LogP contribution < -0.4 is 0 Å². The van der Waals surface area contributed by atoms with Gasteiger partial charge in [-0.25, -0.2) is 0 Å². The van der Waals surface area contributed by atoms with Crippen molar-refractivity contribution in [2.75, 3.05) is 0 Å². The zero-order chi connectivity index (χ0) is 11.4. The van der Waals surface area contributed by atoms with Crippen LogP contribution in [-0.4, -0.2) is 10.6 Å². The normalized spacial score (nSPS) is 9.81. The third-order valence-electron chi connectivity index (χ3n) is 2.54. The van der Waals surface area contributed by atoms with Crippen molar-refractivity contribution < 1.29 is 4.79 Å². The highest BCUT2D eigenvalue weighted by atomic mass is 16.1. The van der Waals surface area contributed by atoms with E-state index in [1.807, 2.05) is 67.9 Å². The van der Waals surface area contributed by atoms with Gasteiger partial charge < -0.3 is 0 Å². The third-order valence-corrected chi connectivity index (χ3v) is 2.54. The molecule has 0 aliphatic rings. The van der Waals surface area contributed by atoms with Gasteiger partial charge in [0, 0.05) is 5.56 Å². The average molecular weight is 210 g/mol. The lowest BCUT2D eigenvalue weighted by Crippen LogP contribution is -2.02. The highest BCUT2D eigenvalue weighted by Gasteiger charge is 2.12. The van der Waals surface area contributed by atoms with Crippen LogP contribution in [-0.2, 0) is 0 Å². The van der Waals surface area contributed by atoms with E-state index in [4.69, 9.17) is 0 Å². The Morgan fingerprint density at radius 2 is 1.62 bits per heavy atom. The Morgan fingerprint density at radius 1 is 0.938 bits per heavy atom. The molecular weight excluding hydrogens is 196 g/mol. The Bertz CT molecular complexity index is 486. The summed E-state index contributed by atoms with van der Waals surface area (Å²) >= 11 is 0. The largest absolute Gasteiger partial charge is 0.342 e. The van der Waals surface area contributed by atoms with Crippen molar-refractivity contribution in [3.63, 3.8) is 0 Å². The van der Waals surface area contributed by atoms with Gasteiger partial charge in [0.25, 0.3) is 0 Å². The minimum atomic E-state index is 0.323. The van der Waals surface area contributed by atoms with E-state index >= 15 is 0 Å². The van der Waals surface area contributed by atoms with Gasteiger partial charge in [-0.1, -0.05) is 31.2 Å². The Labute approximate surface area is 95.7 Å². The van der Waals surface area contributed by atoms with Gasteiger partial charge in [-0.15, -0.1) is 12.1 Å². The predicted octanol–water partition coefficient (Wildman–Crippen LogP) is 3.20. The third kappa shape index (κ3) is 2.14. The second-order valence-electron chi connectivity index (χ2n) is 3.63. The fourth-order valence-electron chi connectivity index (χ4n) is 1.63. The monoisotopic (exact) mass is 210 g/mol. The van der Waals surface area contributed by atoms with Crippen molar-refractivity contribution in [1.82, 2.24) is 0 Å². The van der Waals surface area contributed by atoms with Crippen LogP contribution in [0.25, 0.3) is 0 Å². The molecule has 2 aromatic carbocycles. The number of ketones is 1. The molecule has 0 radical (unpaired) electrons. The molecule has 16 heavy (non-hydrogen) atoms. The SMILES string of the molecule is C[CH-]c1cccc(C(=[OH+])c2ccccc2)c1. The van der Waals surface area contributed by atoms with Crippen molar-refractivity contribution in [2.45, 2.75) is 6.92 Å². The van der Waals surface area contributed by atoms with Crippen LogP contribution in [0.3, 0.4) is 0 Å². The Morgan fingerprint density at radius 3 is 2.31 bits per heavy atom. The van der Waals surface area contributed by atoms with Gasteiger partial charge >= 0.3 is 5.78 Å².